The lowest BCUT2D eigenvalue weighted by atomic mass is 10.1. The van der Waals surface area contributed by atoms with Crippen molar-refractivity contribution in [2.75, 3.05) is 0 Å². The number of hydrogen-bond acceptors (Lipinski definition) is 2. The van der Waals surface area contributed by atoms with E-state index in [9.17, 15) is 22.4 Å². The molecule has 2 rings (SSSR count). The van der Waals surface area contributed by atoms with Gasteiger partial charge in [0.1, 0.15) is 18.2 Å². The molecule has 0 atom stereocenters. The number of carboxylic acids is 1. The Hall–Kier alpha value is -3.01. The van der Waals surface area contributed by atoms with Crippen molar-refractivity contribution in [1.82, 2.24) is 0 Å². The van der Waals surface area contributed by atoms with Crippen LogP contribution in [0.25, 0.3) is 0 Å². The van der Waals surface area contributed by atoms with Crippen molar-refractivity contribution < 1.29 is 32.2 Å². The Morgan fingerprint density at radius 1 is 1.25 bits per heavy atom. The van der Waals surface area contributed by atoms with Gasteiger partial charge in [0, 0.05) is 5.56 Å². The summed E-state index contributed by atoms with van der Waals surface area (Å²) in [5.41, 5.74) is -1.65. The zero-order valence-corrected chi connectivity index (χ0v) is 12.0. The lowest BCUT2D eigenvalue weighted by Gasteiger charge is -2.12. The minimum Gasteiger partial charge on any atom is -0.487 e. The molecule has 0 bridgehead atoms. The first-order valence-electron chi connectivity index (χ1n) is 6.55. The number of alkyl halides is 3. The number of carboxylic acid groups (broad SMARTS) is 1. The van der Waals surface area contributed by atoms with E-state index in [1.54, 1.807) is 0 Å². The molecule has 3 nitrogen and oxygen atoms in total. The fraction of sp³-hybridized carbons (Fsp3) is 0.118. The second kappa shape index (κ2) is 6.62. The van der Waals surface area contributed by atoms with Crippen molar-refractivity contribution in [2.24, 2.45) is 0 Å². The number of ether oxygens (including phenoxy) is 1. The quantitative estimate of drug-likeness (QED) is 0.674. The summed E-state index contributed by atoms with van der Waals surface area (Å²) in [4.78, 5) is 10.9. The Balaban J connectivity index is 2.26. The molecule has 0 radical (unpaired) electrons. The van der Waals surface area contributed by atoms with Gasteiger partial charge in [0.15, 0.2) is 0 Å². The minimum atomic E-state index is -4.55. The van der Waals surface area contributed by atoms with Gasteiger partial charge < -0.3 is 9.84 Å². The smallest absolute Gasteiger partial charge is 0.416 e. The normalized spacial score (nSPS) is 11.0. The zero-order chi connectivity index (χ0) is 17.9. The topological polar surface area (TPSA) is 46.5 Å². The first kappa shape index (κ1) is 17.3. The zero-order valence-electron chi connectivity index (χ0n) is 12.0. The number of aromatic carboxylic acids is 1. The predicted octanol–water partition coefficient (Wildman–Crippen LogP) is 4.10. The van der Waals surface area contributed by atoms with Gasteiger partial charge in [-0.15, -0.1) is 6.42 Å². The van der Waals surface area contributed by atoms with Crippen molar-refractivity contribution >= 4 is 5.97 Å². The molecular formula is C17H10F4O3. The highest BCUT2D eigenvalue weighted by Crippen LogP contribution is 2.32. The van der Waals surface area contributed by atoms with Crippen LogP contribution < -0.4 is 4.74 Å². The molecule has 0 aliphatic carbocycles. The van der Waals surface area contributed by atoms with E-state index in [0.717, 1.165) is 24.3 Å². The van der Waals surface area contributed by atoms with Crippen LogP contribution in [0.2, 0.25) is 0 Å². The molecule has 0 heterocycles. The average molecular weight is 338 g/mol. The van der Waals surface area contributed by atoms with Crippen LogP contribution in [-0.2, 0) is 12.8 Å². The van der Waals surface area contributed by atoms with Crippen LogP contribution in [0.15, 0.2) is 36.4 Å². The molecular weight excluding hydrogens is 328 g/mol. The average Bonchev–Trinajstić information content (AvgIpc) is 2.52. The van der Waals surface area contributed by atoms with Crippen LogP contribution in [0.1, 0.15) is 27.0 Å². The monoisotopic (exact) mass is 338 g/mol. The van der Waals surface area contributed by atoms with Gasteiger partial charge in [-0.2, -0.15) is 13.2 Å². The van der Waals surface area contributed by atoms with Crippen molar-refractivity contribution in [1.29, 1.82) is 0 Å². The molecule has 2 aromatic carbocycles. The van der Waals surface area contributed by atoms with Gasteiger partial charge in [0.2, 0.25) is 0 Å². The van der Waals surface area contributed by atoms with Crippen molar-refractivity contribution in [3.8, 4) is 18.1 Å². The Kier molecular flexibility index (Phi) is 4.79. The first-order valence-corrected chi connectivity index (χ1v) is 6.55. The summed E-state index contributed by atoms with van der Waals surface area (Å²) in [6.07, 6.45) is 0.627. The summed E-state index contributed by atoms with van der Waals surface area (Å²) in [6, 6.07) is 6.31. The van der Waals surface area contributed by atoms with E-state index in [1.165, 1.54) is 12.1 Å². The van der Waals surface area contributed by atoms with Gasteiger partial charge in [-0.05, 0) is 24.3 Å². The maximum absolute atomic E-state index is 14.0. The standard InChI is InChI=1S/C17H10F4O3/c1-2-10-8-12(17(19,20)21)6-7-14(10)24-9-11-4-3-5-13(15(11)18)16(22)23/h1,3-8H,9H2,(H,22,23). The summed E-state index contributed by atoms with van der Waals surface area (Å²) < 4.78 is 57.2. The highest BCUT2D eigenvalue weighted by molar-refractivity contribution is 5.88. The summed E-state index contributed by atoms with van der Waals surface area (Å²) in [5.74, 6) is -0.371. The van der Waals surface area contributed by atoms with Crippen molar-refractivity contribution in [2.45, 2.75) is 12.8 Å². The molecule has 0 saturated carbocycles. The molecule has 1 N–H and O–H groups in total. The molecule has 0 saturated heterocycles. The third-order valence-corrected chi connectivity index (χ3v) is 3.15. The lowest BCUT2D eigenvalue weighted by Crippen LogP contribution is -2.08. The molecule has 0 aromatic heterocycles. The fourth-order valence-corrected chi connectivity index (χ4v) is 1.96. The van der Waals surface area contributed by atoms with Gasteiger partial charge in [0.25, 0.3) is 0 Å². The second-order valence-electron chi connectivity index (χ2n) is 4.73. The van der Waals surface area contributed by atoms with Crippen LogP contribution in [0.3, 0.4) is 0 Å². The van der Waals surface area contributed by atoms with Crippen LogP contribution in [0, 0.1) is 18.2 Å². The van der Waals surface area contributed by atoms with Gasteiger partial charge in [-0.3, -0.25) is 0 Å². The van der Waals surface area contributed by atoms with Crippen LogP contribution >= 0.6 is 0 Å². The van der Waals surface area contributed by atoms with E-state index in [4.69, 9.17) is 16.3 Å². The fourth-order valence-electron chi connectivity index (χ4n) is 1.96. The maximum Gasteiger partial charge on any atom is 0.416 e. The predicted molar refractivity (Wildman–Crippen MR) is 77.1 cm³/mol. The van der Waals surface area contributed by atoms with Gasteiger partial charge in [-0.25, -0.2) is 9.18 Å². The van der Waals surface area contributed by atoms with E-state index >= 15 is 0 Å². The molecule has 24 heavy (non-hydrogen) atoms. The second-order valence-corrected chi connectivity index (χ2v) is 4.73. The molecule has 0 amide bonds. The summed E-state index contributed by atoms with van der Waals surface area (Å²) in [6.45, 7) is -0.382. The highest BCUT2D eigenvalue weighted by atomic mass is 19.4. The number of carbonyl (C=O) groups is 1. The summed E-state index contributed by atoms with van der Waals surface area (Å²) >= 11 is 0. The summed E-state index contributed by atoms with van der Waals surface area (Å²) in [5, 5.41) is 8.85. The number of hydrogen-bond donors (Lipinski definition) is 1. The summed E-state index contributed by atoms with van der Waals surface area (Å²) in [7, 11) is 0. The van der Waals surface area contributed by atoms with Crippen LogP contribution in [-0.4, -0.2) is 11.1 Å². The molecule has 0 spiro atoms. The molecule has 124 valence electrons. The Bertz CT molecular complexity index is 820. The van der Waals surface area contributed by atoms with E-state index in [2.05, 4.69) is 5.92 Å². The van der Waals surface area contributed by atoms with Crippen molar-refractivity contribution in [3.63, 3.8) is 0 Å². The van der Waals surface area contributed by atoms with Gasteiger partial charge in [0.05, 0.1) is 16.7 Å². The van der Waals surface area contributed by atoms with E-state index in [0.29, 0.717) is 0 Å². The molecule has 0 aliphatic heterocycles. The lowest BCUT2D eigenvalue weighted by molar-refractivity contribution is -0.137. The Morgan fingerprint density at radius 2 is 1.96 bits per heavy atom. The molecule has 7 heteroatoms. The molecule has 0 fully saturated rings. The van der Waals surface area contributed by atoms with Gasteiger partial charge in [-0.1, -0.05) is 18.1 Å². The largest absolute Gasteiger partial charge is 0.487 e. The van der Waals surface area contributed by atoms with E-state index in [1.807, 2.05) is 0 Å². The van der Waals surface area contributed by atoms with E-state index in [-0.39, 0.29) is 23.5 Å². The number of benzene rings is 2. The maximum atomic E-state index is 14.0. The van der Waals surface area contributed by atoms with Crippen molar-refractivity contribution in [3.05, 3.63) is 64.5 Å². The van der Waals surface area contributed by atoms with Crippen LogP contribution in [0.5, 0.6) is 5.75 Å². The highest BCUT2D eigenvalue weighted by Gasteiger charge is 2.31. The molecule has 0 unspecified atom stereocenters. The third kappa shape index (κ3) is 3.66. The number of halogens is 4. The first-order chi connectivity index (χ1) is 11.2. The Morgan fingerprint density at radius 3 is 2.54 bits per heavy atom. The van der Waals surface area contributed by atoms with Gasteiger partial charge >= 0.3 is 12.1 Å². The number of terminal acetylenes is 1. The molecule has 0 aliphatic rings. The van der Waals surface area contributed by atoms with Crippen LogP contribution in [0.4, 0.5) is 17.6 Å². The number of rotatable bonds is 4. The third-order valence-electron chi connectivity index (χ3n) is 3.15. The van der Waals surface area contributed by atoms with E-state index < -0.39 is 29.1 Å². The Labute approximate surface area is 134 Å². The minimum absolute atomic E-state index is 0.0365. The molecule has 2 aromatic rings. The SMILES string of the molecule is C#Cc1cc(C(F)(F)F)ccc1OCc1cccc(C(=O)O)c1F.